The number of aromatic nitrogens is 7. The van der Waals surface area contributed by atoms with Crippen LogP contribution in [-0.2, 0) is 9.53 Å². The predicted octanol–water partition coefficient (Wildman–Crippen LogP) is 0.812. The van der Waals surface area contributed by atoms with Gasteiger partial charge in [-0.25, -0.2) is 24.4 Å². The molecule has 0 spiro atoms. The summed E-state index contributed by atoms with van der Waals surface area (Å²) in [4.78, 5) is 39.2. The fourth-order valence-corrected chi connectivity index (χ4v) is 3.30. The number of aromatic amines is 1. The molecule has 0 saturated carbocycles. The zero-order valence-corrected chi connectivity index (χ0v) is 16.4. The Balaban J connectivity index is 1.36. The van der Waals surface area contributed by atoms with E-state index in [1.165, 1.54) is 18.9 Å². The van der Waals surface area contributed by atoms with E-state index in [0.717, 1.165) is 5.82 Å². The number of nitrogens with one attached hydrogen (secondary N) is 2. The fourth-order valence-electron chi connectivity index (χ4n) is 3.30. The number of anilines is 2. The standard InChI is InChI=1S/C18H21N9O3/c1-2-30-18(29)13-8-22-25-16(13)24-17(28)12-3-5-26(6-4-12)14-7-15(21-10-20-14)27-11-19-9-23-27/h7-12H,2-6H2,1H3,(H2,22,24,25,28). The molecule has 156 valence electrons. The minimum atomic E-state index is -0.525. The van der Waals surface area contributed by atoms with Crippen molar-refractivity contribution in [1.29, 1.82) is 0 Å². The Morgan fingerprint density at radius 1 is 1.23 bits per heavy atom. The van der Waals surface area contributed by atoms with E-state index in [1.54, 1.807) is 17.9 Å². The van der Waals surface area contributed by atoms with E-state index in [-0.39, 0.29) is 29.8 Å². The number of H-pyrrole nitrogens is 1. The van der Waals surface area contributed by atoms with E-state index in [0.29, 0.717) is 31.7 Å². The highest BCUT2D eigenvalue weighted by Crippen LogP contribution is 2.24. The zero-order chi connectivity index (χ0) is 20.9. The number of ether oxygens (including phenoxy) is 1. The number of nitrogens with zero attached hydrogens (tertiary/aromatic N) is 7. The van der Waals surface area contributed by atoms with E-state index in [1.807, 2.05) is 6.07 Å². The van der Waals surface area contributed by atoms with Crippen molar-refractivity contribution in [3.63, 3.8) is 0 Å². The molecular formula is C18H21N9O3. The van der Waals surface area contributed by atoms with Crippen molar-refractivity contribution in [2.75, 3.05) is 29.9 Å². The van der Waals surface area contributed by atoms with Crippen LogP contribution in [0.3, 0.4) is 0 Å². The maximum Gasteiger partial charge on any atom is 0.343 e. The summed E-state index contributed by atoms with van der Waals surface area (Å²) in [6.45, 7) is 3.30. The molecule has 1 aliphatic heterocycles. The van der Waals surface area contributed by atoms with Crippen LogP contribution in [0.4, 0.5) is 11.6 Å². The molecule has 1 saturated heterocycles. The van der Waals surface area contributed by atoms with Gasteiger partial charge in [-0.1, -0.05) is 0 Å². The largest absolute Gasteiger partial charge is 0.462 e. The first-order chi connectivity index (χ1) is 14.7. The topological polar surface area (TPSA) is 144 Å². The van der Waals surface area contributed by atoms with Crippen molar-refractivity contribution in [1.82, 2.24) is 34.9 Å². The molecule has 1 fully saturated rings. The SMILES string of the molecule is CCOC(=O)c1cn[nH]c1NC(=O)C1CCN(c2cc(-n3cncn3)ncn2)CC1. The molecular weight excluding hydrogens is 390 g/mol. The van der Waals surface area contributed by atoms with Gasteiger partial charge in [0.1, 0.15) is 36.2 Å². The lowest BCUT2D eigenvalue weighted by atomic mass is 9.96. The van der Waals surface area contributed by atoms with E-state index >= 15 is 0 Å². The van der Waals surface area contributed by atoms with E-state index in [9.17, 15) is 9.59 Å². The van der Waals surface area contributed by atoms with Crippen LogP contribution in [0.2, 0.25) is 0 Å². The van der Waals surface area contributed by atoms with Gasteiger partial charge < -0.3 is 15.0 Å². The molecule has 1 aliphatic rings. The average molecular weight is 411 g/mol. The van der Waals surface area contributed by atoms with E-state index in [2.05, 4.69) is 40.5 Å². The van der Waals surface area contributed by atoms with Crippen molar-refractivity contribution in [3.8, 4) is 5.82 Å². The van der Waals surface area contributed by atoms with E-state index in [4.69, 9.17) is 4.74 Å². The van der Waals surface area contributed by atoms with Gasteiger partial charge in [0.25, 0.3) is 0 Å². The van der Waals surface area contributed by atoms with Crippen LogP contribution in [0, 0.1) is 5.92 Å². The first-order valence-electron chi connectivity index (χ1n) is 9.59. The molecule has 0 aromatic carbocycles. The molecule has 0 atom stereocenters. The highest BCUT2D eigenvalue weighted by Gasteiger charge is 2.27. The molecule has 0 aliphatic carbocycles. The van der Waals surface area contributed by atoms with Gasteiger partial charge in [0.15, 0.2) is 5.82 Å². The third-order valence-electron chi connectivity index (χ3n) is 4.86. The van der Waals surface area contributed by atoms with Gasteiger partial charge in [0.2, 0.25) is 5.91 Å². The summed E-state index contributed by atoms with van der Waals surface area (Å²) in [7, 11) is 0. The van der Waals surface area contributed by atoms with Crippen molar-refractivity contribution in [2.24, 2.45) is 5.92 Å². The maximum atomic E-state index is 12.7. The molecule has 4 rings (SSSR count). The summed E-state index contributed by atoms with van der Waals surface area (Å²) >= 11 is 0. The minimum absolute atomic E-state index is 0.157. The van der Waals surface area contributed by atoms with Gasteiger partial charge in [-0.3, -0.25) is 9.89 Å². The Labute approximate surface area is 171 Å². The third kappa shape index (κ3) is 4.11. The Bertz CT molecular complexity index is 1010. The second kappa shape index (κ2) is 8.68. The smallest absolute Gasteiger partial charge is 0.343 e. The lowest BCUT2D eigenvalue weighted by Gasteiger charge is -2.32. The zero-order valence-electron chi connectivity index (χ0n) is 16.4. The van der Waals surface area contributed by atoms with Crippen LogP contribution in [0.15, 0.2) is 31.2 Å². The Kier molecular flexibility index (Phi) is 5.63. The van der Waals surface area contributed by atoms with Crippen LogP contribution >= 0.6 is 0 Å². The predicted molar refractivity (Wildman–Crippen MR) is 105 cm³/mol. The number of rotatable bonds is 6. The summed E-state index contributed by atoms with van der Waals surface area (Å²) < 4.78 is 6.54. The Morgan fingerprint density at radius 3 is 2.77 bits per heavy atom. The summed E-state index contributed by atoms with van der Waals surface area (Å²) in [5.41, 5.74) is 0.212. The van der Waals surface area contributed by atoms with Gasteiger partial charge in [0.05, 0.1) is 12.8 Å². The number of carbonyl (C=O) groups excluding carboxylic acids is 2. The van der Waals surface area contributed by atoms with Crippen LogP contribution in [-0.4, -0.2) is 66.5 Å². The summed E-state index contributed by atoms with van der Waals surface area (Å²) in [6, 6.07) is 1.84. The molecule has 3 aromatic rings. The molecule has 1 amide bonds. The quantitative estimate of drug-likeness (QED) is 0.563. The molecule has 12 heteroatoms. The lowest BCUT2D eigenvalue weighted by molar-refractivity contribution is -0.120. The van der Waals surface area contributed by atoms with Gasteiger partial charge >= 0.3 is 5.97 Å². The number of hydrogen-bond donors (Lipinski definition) is 2. The average Bonchev–Trinajstić information content (AvgIpc) is 3.46. The Hall–Kier alpha value is -3.83. The number of esters is 1. The second-order valence-electron chi connectivity index (χ2n) is 6.70. The van der Waals surface area contributed by atoms with Crippen molar-refractivity contribution in [3.05, 3.63) is 36.8 Å². The third-order valence-corrected chi connectivity index (χ3v) is 4.86. The van der Waals surface area contributed by atoms with Gasteiger partial charge in [-0.2, -0.15) is 10.2 Å². The molecule has 0 bridgehead atoms. The van der Waals surface area contributed by atoms with Crippen molar-refractivity contribution < 1.29 is 14.3 Å². The molecule has 2 N–H and O–H groups in total. The summed E-state index contributed by atoms with van der Waals surface area (Å²) in [5, 5.41) is 13.3. The number of piperidine rings is 1. The molecule has 0 unspecified atom stereocenters. The highest BCUT2D eigenvalue weighted by molar-refractivity contribution is 6.00. The van der Waals surface area contributed by atoms with Crippen LogP contribution in [0.1, 0.15) is 30.1 Å². The second-order valence-corrected chi connectivity index (χ2v) is 6.70. The number of amides is 1. The van der Waals surface area contributed by atoms with Gasteiger partial charge in [0, 0.05) is 25.1 Å². The maximum absolute atomic E-state index is 12.7. The van der Waals surface area contributed by atoms with Gasteiger partial charge in [-0.15, -0.1) is 0 Å². The monoisotopic (exact) mass is 411 g/mol. The first-order valence-corrected chi connectivity index (χ1v) is 9.59. The van der Waals surface area contributed by atoms with Crippen molar-refractivity contribution >= 4 is 23.5 Å². The van der Waals surface area contributed by atoms with E-state index < -0.39 is 5.97 Å². The molecule has 0 radical (unpaired) electrons. The Morgan fingerprint density at radius 2 is 2.03 bits per heavy atom. The summed E-state index contributed by atoms with van der Waals surface area (Å²) in [6.07, 6.45) is 7.15. The number of hydrogen-bond acceptors (Lipinski definition) is 9. The molecule has 30 heavy (non-hydrogen) atoms. The molecule has 12 nitrogen and oxygen atoms in total. The highest BCUT2D eigenvalue weighted by atomic mass is 16.5. The van der Waals surface area contributed by atoms with Crippen LogP contribution in [0.25, 0.3) is 5.82 Å². The van der Waals surface area contributed by atoms with Crippen molar-refractivity contribution in [2.45, 2.75) is 19.8 Å². The molecule has 3 aromatic heterocycles. The normalized spacial score (nSPS) is 14.5. The van der Waals surface area contributed by atoms with Crippen LogP contribution in [0.5, 0.6) is 0 Å². The fraction of sp³-hybridized carbons (Fsp3) is 0.389. The molecule has 4 heterocycles. The number of carbonyl (C=O) groups is 2. The summed E-state index contributed by atoms with van der Waals surface area (Å²) in [5.74, 6) is 0.791. The lowest BCUT2D eigenvalue weighted by Crippen LogP contribution is -2.38. The van der Waals surface area contributed by atoms with Gasteiger partial charge in [-0.05, 0) is 19.8 Å². The minimum Gasteiger partial charge on any atom is -0.462 e. The first kappa shape index (κ1) is 19.5. The van der Waals surface area contributed by atoms with Crippen LogP contribution < -0.4 is 10.2 Å².